The van der Waals surface area contributed by atoms with Crippen molar-refractivity contribution in [2.24, 2.45) is 23.0 Å². The van der Waals surface area contributed by atoms with E-state index in [0.29, 0.717) is 51.4 Å². The van der Waals surface area contributed by atoms with Gasteiger partial charge >= 0.3 is 0 Å². The molecule has 2 amide bonds. The van der Waals surface area contributed by atoms with Gasteiger partial charge in [0, 0.05) is 0 Å². The zero-order valence-electron chi connectivity index (χ0n) is 20.7. The van der Waals surface area contributed by atoms with Gasteiger partial charge in [-0.2, -0.15) is 0 Å². The number of amides is 2. The molecular weight excluding hydrogens is 404 g/mol. The average Bonchev–Trinajstić information content (AvgIpc) is 2.68. The van der Waals surface area contributed by atoms with Gasteiger partial charge in [-0.15, -0.1) is 0 Å². The summed E-state index contributed by atoms with van der Waals surface area (Å²) >= 11 is 0. The van der Waals surface area contributed by atoms with Crippen LogP contribution in [-0.2, 0) is 9.59 Å². The number of primary amides is 1. The molecule has 3 aliphatic rings. The summed E-state index contributed by atoms with van der Waals surface area (Å²) in [4.78, 5) is 29.1. The predicted molar refractivity (Wildman–Crippen MR) is 126 cm³/mol. The SMILES string of the molecule is CC(C)CC(N(C(=O)C1(C(N)=O)CCCCC1)C(CC(C)C)C1(O)CCC1)C1(O)CCC1. The maximum Gasteiger partial charge on any atom is 0.238 e. The monoisotopic (exact) mass is 450 g/mol. The van der Waals surface area contributed by atoms with Crippen LogP contribution >= 0.6 is 0 Å². The summed E-state index contributed by atoms with van der Waals surface area (Å²) in [6.45, 7) is 8.44. The smallest absolute Gasteiger partial charge is 0.238 e. The van der Waals surface area contributed by atoms with E-state index in [0.717, 1.165) is 32.1 Å². The van der Waals surface area contributed by atoms with Crippen molar-refractivity contribution in [2.45, 2.75) is 134 Å². The molecule has 2 unspecified atom stereocenters. The minimum atomic E-state index is -1.22. The van der Waals surface area contributed by atoms with Gasteiger partial charge in [0.2, 0.25) is 11.8 Å². The summed E-state index contributed by atoms with van der Waals surface area (Å²) in [5.41, 5.74) is 2.81. The minimum absolute atomic E-state index is 0.235. The maximum atomic E-state index is 14.5. The third-order valence-electron chi connectivity index (χ3n) is 8.56. The van der Waals surface area contributed by atoms with E-state index in [1.165, 1.54) is 0 Å². The molecule has 2 atom stereocenters. The van der Waals surface area contributed by atoms with Crippen LogP contribution in [0.4, 0.5) is 0 Å². The summed E-state index contributed by atoms with van der Waals surface area (Å²) < 4.78 is 0. The normalized spacial score (nSPS) is 25.5. The zero-order chi connectivity index (χ0) is 23.7. The van der Waals surface area contributed by atoms with Gasteiger partial charge in [-0.3, -0.25) is 9.59 Å². The Labute approximate surface area is 194 Å². The number of nitrogens with two attached hydrogens (primary N) is 1. The zero-order valence-corrected chi connectivity index (χ0v) is 20.7. The minimum Gasteiger partial charge on any atom is -0.388 e. The van der Waals surface area contributed by atoms with E-state index in [9.17, 15) is 19.8 Å². The average molecular weight is 451 g/mol. The topological polar surface area (TPSA) is 104 Å². The quantitative estimate of drug-likeness (QED) is 0.439. The Bertz CT molecular complexity index is 641. The molecule has 184 valence electrons. The van der Waals surface area contributed by atoms with Crippen molar-refractivity contribution in [3.8, 4) is 0 Å². The molecule has 0 radical (unpaired) electrons. The number of aliphatic hydroxyl groups is 2. The van der Waals surface area contributed by atoms with Crippen molar-refractivity contribution in [1.82, 2.24) is 4.90 Å². The first-order valence-corrected chi connectivity index (χ1v) is 13.0. The molecule has 32 heavy (non-hydrogen) atoms. The predicted octanol–water partition coefficient (Wildman–Crippen LogP) is 3.91. The Kier molecular flexibility index (Phi) is 7.66. The molecule has 0 aromatic heterocycles. The van der Waals surface area contributed by atoms with Crippen LogP contribution in [0.2, 0.25) is 0 Å². The molecule has 4 N–H and O–H groups in total. The van der Waals surface area contributed by atoms with Crippen molar-refractivity contribution in [3.05, 3.63) is 0 Å². The number of carbonyl (C=O) groups is 2. The lowest BCUT2D eigenvalue weighted by Crippen LogP contribution is -2.70. The maximum absolute atomic E-state index is 14.5. The number of nitrogens with zero attached hydrogens (tertiary/aromatic N) is 1. The molecule has 6 nitrogen and oxygen atoms in total. The summed E-state index contributed by atoms with van der Waals surface area (Å²) in [6.07, 6.45) is 9.37. The molecular formula is C26H46N2O4. The molecule has 0 aromatic carbocycles. The Hall–Kier alpha value is -1.14. The third-order valence-corrected chi connectivity index (χ3v) is 8.56. The first kappa shape index (κ1) is 25.5. The second-order valence-corrected chi connectivity index (χ2v) is 11.9. The van der Waals surface area contributed by atoms with Crippen LogP contribution < -0.4 is 5.73 Å². The van der Waals surface area contributed by atoms with E-state index in [-0.39, 0.29) is 17.7 Å². The van der Waals surface area contributed by atoms with Crippen LogP contribution in [0.5, 0.6) is 0 Å². The van der Waals surface area contributed by atoms with Crippen LogP contribution in [0.25, 0.3) is 0 Å². The van der Waals surface area contributed by atoms with E-state index in [2.05, 4.69) is 27.7 Å². The molecule has 0 aromatic rings. The van der Waals surface area contributed by atoms with Gasteiger partial charge in [-0.1, -0.05) is 47.0 Å². The lowest BCUT2D eigenvalue weighted by molar-refractivity contribution is -0.190. The number of hydrogen-bond donors (Lipinski definition) is 3. The van der Waals surface area contributed by atoms with Crippen LogP contribution in [-0.4, -0.2) is 50.2 Å². The number of hydrogen-bond acceptors (Lipinski definition) is 4. The lowest BCUT2D eigenvalue weighted by Gasteiger charge is -2.57. The van der Waals surface area contributed by atoms with E-state index < -0.39 is 34.6 Å². The summed E-state index contributed by atoms with van der Waals surface area (Å²) in [5, 5.41) is 23.2. The third kappa shape index (κ3) is 4.72. The van der Waals surface area contributed by atoms with Crippen LogP contribution in [0.1, 0.15) is 111 Å². The fraction of sp³-hybridized carbons (Fsp3) is 0.923. The highest BCUT2D eigenvalue weighted by atomic mass is 16.3. The van der Waals surface area contributed by atoms with E-state index in [4.69, 9.17) is 5.73 Å². The lowest BCUT2D eigenvalue weighted by atomic mass is 9.65. The van der Waals surface area contributed by atoms with Crippen LogP contribution in [0.3, 0.4) is 0 Å². The fourth-order valence-corrected chi connectivity index (χ4v) is 6.29. The molecule has 0 spiro atoms. The Morgan fingerprint density at radius 2 is 1.16 bits per heavy atom. The van der Waals surface area contributed by atoms with Gasteiger partial charge in [-0.05, 0) is 76.0 Å². The van der Waals surface area contributed by atoms with Crippen molar-refractivity contribution in [1.29, 1.82) is 0 Å². The van der Waals surface area contributed by atoms with Crippen molar-refractivity contribution in [3.63, 3.8) is 0 Å². The van der Waals surface area contributed by atoms with Gasteiger partial charge in [0.15, 0.2) is 0 Å². The van der Waals surface area contributed by atoms with Gasteiger partial charge in [0.05, 0.1) is 23.3 Å². The molecule has 0 bridgehead atoms. The van der Waals surface area contributed by atoms with Crippen molar-refractivity contribution < 1.29 is 19.8 Å². The molecule has 0 saturated heterocycles. The first-order chi connectivity index (χ1) is 15.0. The van der Waals surface area contributed by atoms with E-state index in [1.807, 2.05) is 4.90 Å². The fourth-order valence-electron chi connectivity index (χ4n) is 6.29. The molecule has 3 saturated carbocycles. The molecule has 0 heterocycles. The van der Waals surface area contributed by atoms with E-state index in [1.54, 1.807) is 0 Å². The Morgan fingerprint density at radius 3 is 1.44 bits per heavy atom. The van der Waals surface area contributed by atoms with Gasteiger partial charge in [-0.25, -0.2) is 0 Å². The second kappa shape index (κ2) is 9.61. The van der Waals surface area contributed by atoms with Gasteiger partial charge < -0.3 is 20.8 Å². The summed E-state index contributed by atoms with van der Waals surface area (Å²) in [7, 11) is 0. The Balaban J connectivity index is 2.12. The standard InChI is InChI=1S/C26H46N2O4/c1-18(2)16-20(25(31)12-8-13-25)28(21(17-19(3)4)26(32)14-9-15-26)23(30)24(22(27)29)10-6-5-7-11-24/h18-21,31-32H,5-17H2,1-4H3,(H2,27,29). The molecule has 6 heteroatoms. The highest BCUT2D eigenvalue weighted by Crippen LogP contribution is 2.48. The number of rotatable bonds is 10. The van der Waals surface area contributed by atoms with Crippen molar-refractivity contribution in [2.75, 3.05) is 0 Å². The molecule has 3 rings (SSSR count). The molecule has 0 aliphatic heterocycles. The highest BCUT2D eigenvalue weighted by molar-refractivity contribution is 6.04. The largest absolute Gasteiger partial charge is 0.388 e. The highest BCUT2D eigenvalue weighted by Gasteiger charge is 2.58. The number of carbonyl (C=O) groups excluding carboxylic acids is 2. The van der Waals surface area contributed by atoms with Crippen LogP contribution in [0.15, 0.2) is 0 Å². The summed E-state index contributed by atoms with van der Waals surface area (Å²) in [5.74, 6) is -0.236. The first-order valence-electron chi connectivity index (χ1n) is 13.0. The van der Waals surface area contributed by atoms with E-state index >= 15 is 0 Å². The van der Waals surface area contributed by atoms with Gasteiger partial charge in [0.25, 0.3) is 0 Å². The van der Waals surface area contributed by atoms with Crippen molar-refractivity contribution >= 4 is 11.8 Å². The second-order valence-electron chi connectivity index (χ2n) is 11.9. The molecule has 3 fully saturated rings. The Morgan fingerprint density at radius 1 is 0.750 bits per heavy atom. The van der Waals surface area contributed by atoms with Crippen LogP contribution in [0, 0.1) is 17.3 Å². The molecule has 3 aliphatic carbocycles. The summed E-state index contributed by atoms with van der Waals surface area (Å²) in [6, 6.07) is -0.814. The van der Waals surface area contributed by atoms with Gasteiger partial charge in [0.1, 0.15) is 5.41 Å².